The van der Waals surface area contributed by atoms with E-state index in [9.17, 15) is 54.3 Å². The smallest absolute Gasteiger partial charge is 0.323 e. The third-order valence-electron chi connectivity index (χ3n) is 15.4. The molecule has 0 aliphatic carbocycles. The summed E-state index contributed by atoms with van der Waals surface area (Å²) in [6, 6.07) is 40.9. The molecule has 0 saturated carbocycles. The van der Waals surface area contributed by atoms with Crippen molar-refractivity contribution in [2.75, 3.05) is 119 Å². The number of nitrogens with zero attached hydrogens (tertiary/aromatic N) is 8. The molecule has 0 atom stereocenters. The first kappa shape index (κ1) is 75.3. The van der Waals surface area contributed by atoms with Crippen molar-refractivity contribution in [3.8, 4) is 0 Å². The van der Waals surface area contributed by atoms with E-state index in [4.69, 9.17) is 0 Å². The van der Waals surface area contributed by atoms with E-state index in [1.807, 2.05) is 125 Å². The Kier molecular flexibility index (Phi) is 24.0. The van der Waals surface area contributed by atoms with E-state index in [0.717, 1.165) is 71.3 Å². The summed E-state index contributed by atoms with van der Waals surface area (Å²) in [6.45, 7) is 6.69. The number of benzene rings is 8. The Morgan fingerprint density at radius 1 is 0.260 bits per heavy atom. The van der Waals surface area contributed by atoms with Crippen LogP contribution in [-0.2, 0) is 0 Å². The number of halogens is 8. The van der Waals surface area contributed by atoms with Gasteiger partial charge in [-0.25, -0.2) is 74.2 Å². The van der Waals surface area contributed by atoms with Crippen LogP contribution in [-0.4, -0.2) is 100 Å². The highest BCUT2D eigenvalue weighted by Gasteiger charge is 2.19. The van der Waals surface area contributed by atoms with E-state index >= 15 is 0 Å². The van der Waals surface area contributed by atoms with Crippen molar-refractivity contribution in [1.82, 2.24) is 19.9 Å². The Balaban J connectivity index is 0.000000161. The number of pyridine rings is 4. The Labute approximate surface area is 593 Å². The van der Waals surface area contributed by atoms with Gasteiger partial charge in [-0.3, -0.25) is 0 Å². The van der Waals surface area contributed by atoms with Gasteiger partial charge in [-0.15, -0.1) is 0 Å². The van der Waals surface area contributed by atoms with E-state index in [1.54, 1.807) is 100 Å². The number of hydrogen-bond acceptors (Lipinski definition) is 12. The predicted octanol–water partition coefficient (Wildman–Crippen LogP) is 18.1. The molecule has 8 N–H and O–H groups in total. The number of rotatable bonds is 12. The topological polar surface area (TPSA) is 229 Å². The first-order valence-electron chi connectivity index (χ1n) is 31.8. The number of amides is 8. The molecule has 0 spiro atoms. The minimum atomic E-state index is -0.772. The number of carbonyl (C=O) groups excluding carboxylic acids is 4. The van der Waals surface area contributed by atoms with E-state index in [0.29, 0.717) is 45.5 Å². The molecule has 536 valence electrons. The molecule has 8 amide bonds. The van der Waals surface area contributed by atoms with Crippen molar-refractivity contribution in [1.29, 1.82) is 0 Å². The van der Waals surface area contributed by atoms with Crippen molar-refractivity contribution in [2.45, 2.75) is 27.7 Å². The zero-order valence-electron chi connectivity index (χ0n) is 58.4. The van der Waals surface area contributed by atoms with Crippen LogP contribution in [0.1, 0.15) is 22.8 Å². The van der Waals surface area contributed by atoms with Crippen LogP contribution in [0.4, 0.5) is 123 Å². The van der Waals surface area contributed by atoms with Gasteiger partial charge in [0.15, 0.2) is 23.3 Å². The number of fused-ring (bicyclic) bond motifs is 4. The molecule has 0 unspecified atom stereocenters. The van der Waals surface area contributed by atoms with Crippen LogP contribution >= 0.6 is 0 Å². The van der Waals surface area contributed by atoms with Crippen LogP contribution in [0.3, 0.4) is 0 Å². The number of aryl methyl sites for hydroxylation is 4. The normalized spacial score (nSPS) is 10.7. The van der Waals surface area contributed by atoms with Crippen LogP contribution in [0.25, 0.3) is 43.6 Å². The highest BCUT2D eigenvalue weighted by atomic mass is 19.2. The number of anilines is 12. The molecule has 4 heterocycles. The fraction of sp³-hybridized carbons (Fsp3) is 0.158. The Hall–Kier alpha value is -12.9. The standard InChI is InChI=1S/4C19H18F2N4O/c4*1-11-8-17(15-9-12(20)10-16(21)18(15)22-11)24-19(26)23-13-4-6-14(7-5-13)25(2)3/h4*4-10H,1-3H3,(H2,22,23,24,26). The van der Waals surface area contributed by atoms with Gasteiger partial charge in [0, 0.05) is 170 Å². The van der Waals surface area contributed by atoms with Crippen LogP contribution < -0.4 is 62.1 Å². The first-order chi connectivity index (χ1) is 49.3. The van der Waals surface area contributed by atoms with Crippen LogP contribution in [0, 0.1) is 74.2 Å². The van der Waals surface area contributed by atoms with Gasteiger partial charge in [0.1, 0.15) is 45.3 Å². The fourth-order valence-electron chi connectivity index (χ4n) is 10.4. The van der Waals surface area contributed by atoms with Crippen LogP contribution in [0.15, 0.2) is 170 Å². The summed E-state index contributed by atoms with van der Waals surface area (Å²) < 4.78 is 110. The minimum Gasteiger partial charge on any atom is -0.378 e. The summed E-state index contributed by atoms with van der Waals surface area (Å²) in [7, 11) is 15.4. The monoisotopic (exact) mass is 1420 g/mol. The quantitative estimate of drug-likeness (QED) is 0.0534. The van der Waals surface area contributed by atoms with Crippen LogP contribution in [0.5, 0.6) is 0 Å². The number of nitrogens with one attached hydrogen (secondary N) is 8. The van der Waals surface area contributed by atoms with Gasteiger partial charge < -0.3 is 62.1 Å². The van der Waals surface area contributed by atoms with Crippen molar-refractivity contribution < 1.29 is 54.3 Å². The average molecular weight is 1430 g/mol. The molecular formula is C76H72F8N16O4. The highest BCUT2D eigenvalue weighted by molar-refractivity contribution is 6.09. The van der Waals surface area contributed by atoms with Gasteiger partial charge in [-0.1, -0.05) is 0 Å². The molecule has 20 nitrogen and oxygen atoms in total. The first-order valence-corrected chi connectivity index (χ1v) is 31.8. The van der Waals surface area contributed by atoms with Gasteiger partial charge in [-0.05, 0) is 173 Å². The summed E-state index contributed by atoms with van der Waals surface area (Å²) in [6.07, 6.45) is 0. The molecule has 4 aromatic heterocycles. The van der Waals surface area contributed by atoms with Gasteiger partial charge in [0.2, 0.25) is 0 Å². The molecule has 0 saturated heterocycles. The molecule has 0 bridgehead atoms. The number of aromatic nitrogens is 4. The fourth-order valence-corrected chi connectivity index (χ4v) is 10.4. The lowest BCUT2D eigenvalue weighted by atomic mass is 10.1. The zero-order chi connectivity index (χ0) is 75.4. The Morgan fingerprint density at radius 2 is 0.433 bits per heavy atom. The SMILES string of the molecule is Cc1cc(NC(=O)Nc2ccc(N(C)C)cc2)c2cc(F)cc(F)c2n1.Cc1cc(NC(=O)Nc2ccc(N(C)C)cc2)c2cc(F)cc(F)c2n1.Cc1cc(NC(=O)Nc2ccc(N(C)C)cc2)c2cc(F)cc(F)c2n1.Cc1cc(NC(=O)Nc2ccc(N(C)C)cc2)c2cc(F)cc(F)c2n1. The summed E-state index contributed by atoms with van der Waals surface area (Å²) in [5.41, 5.74) is 9.60. The average Bonchev–Trinajstić information content (AvgIpc) is 0.807. The van der Waals surface area contributed by atoms with E-state index in [2.05, 4.69) is 62.5 Å². The zero-order valence-corrected chi connectivity index (χ0v) is 58.4. The van der Waals surface area contributed by atoms with Crippen molar-refractivity contribution >= 4 is 136 Å². The molecule has 12 rings (SSSR count). The molecule has 0 aliphatic rings. The summed E-state index contributed by atoms with van der Waals surface area (Å²) in [5.74, 6) is -6.02. The third-order valence-corrected chi connectivity index (χ3v) is 15.4. The second-order valence-corrected chi connectivity index (χ2v) is 24.5. The van der Waals surface area contributed by atoms with Gasteiger partial charge in [-0.2, -0.15) is 0 Å². The lowest BCUT2D eigenvalue weighted by molar-refractivity contribution is 0.261. The minimum absolute atomic E-state index is 0.0111. The lowest BCUT2D eigenvalue weighted by Crippen LogP contribution is -2.20. The highest BCUT2D eigenvalue weighted by Crippen LogP contribution is 2.32. The second kappa shape index (κ2) is 33.1. The maximum absolute atomic E-state index is 14.0. The second-order valence-electron chi connectivity index (χ2n) is 24.5. The van der Waals surface area contributed by atoms with Crippen molar-refractivity contribution in [3.63, 3.8) is 0 Å². The molecule has 0 fully saturated rings. The van der Waals surface area contributed by atoms with Gasteiger partial charge >= 0.3 is 24.1 Å². The number of urea groups is 4. The Bertz CT molecular complexity index is 4530. The van der Waals surface area contributed by atoms with Crippen LogP contribution in [0.2, 0.25) is 0 Å². The maximum atomic E-state index is 14.0. The molecule has 28 heteroatoms. The van der Waals surface area contributed by atoms with E-state index in [1.165, 1.54) is 0 Å². The largest absolute Gasteiger partial charge is 0.378 e. The maximum Gasteiger partial charge on any atom is 0.323 e. The summed E-state index contributed by atoms with van der Waals surface area (Å²) in [5, 5.41) is 22.1. The van der Waals surface area contributed by atoms with Crippen molar-refractivity contribution in [3.05, 3.63) is 239 Å². The predicted molar refractivity (Wildman–Crippen MR) is 399 cm³/mol. The molecule has 0 aliphatic heterocycles. The van der Waals surface area contributed by atoms with Crippen molar-refractivity contribution in [2.24, 2.45) is 0 Å². The molecule has 104 heavy (non-hydrogen) atoms. The molecular weight excluding hydrogens is 1350 g/mol. The van der Waals surface area contributed by atoms with E-state index < -0.39 is 70.7 Å². The number of carbonyl (C=O) groups is 4. The molecule has 0 radical (unpaired) electrons. The molecule has 8 aromatic carbocycles. The lowest BCUT2D eigenvalue weighted by Gasteiger charge is -2.14. The van der Waals surface area contributed by atoms with Gasteiger partial charge in [0.05, 0.1) is 22.7 Å². The third kappa shape index (κ3) is 19.8. The number of hydrogen-bond donors (Lipinski definition) is 8. The van der Waals surface area contributed by atoms with E-state index in [-0.39, 0.29) is 66.4 Å². The molecule has 12 aromatic rings. The summed E-state index contributed by atoms with van der Waals surface area (Å²) in [4.78, 5) is 73.2. The Morgan fingerprint density at radius 3 is 0.596 bits per heavy atom. The van der Waals surface area contributed by atoms with Gasteiger partial charge in [0.25, 0.3) is 0 Å². The summed E-state index contributed by atoms with van der Waals surface area (Å²) >= 11 is 0.